The molecule has 1 amide bonds. The number of amides is 1. The highest BCUT2D eigenvalue weighted by atomic mass is 127. The van der Waals surface area contributed by atoms with Gasteiger partial charge in [0.15, 0.2) is 5.96 Å². The highest BCUT2D eigenvalue weighted by Gasteiger charge is 2.19. The molecule has 6 nitrogen and oxygen atoms in total. The molecule has 0 radical (unpaired) electrons. The highest BCUT2D eigenvalue weighted by molar-refractivity contribution is 14.0. The average Bonchev–Trinajstić information content (AvgIpc) is 3.15. The van der Waals surface area contributed by atoms with Crippen LogP contribution in [0.15, 0.2) is 29.3 Å². The average molecular weight is 542 g/mol. The smallest absolute Gasteiger partial charge is 0.222 e. The third-order valence-corrected chi connectivity index (χ3v) is 6.00. The van der Waals surface area contributed by atoms with Crippen LogP contribution in [0.25, 0.3) is 0 Å². The van der Waals surface area contributed by atoms with Gasteiger partial charge in [0.25, 0.3) is 0 Å². The van der Waals surface area contributed by atoms with E-state index in [4.69, 9.17) is 4.99 Å². The Morgan fingerprint density at radius 2 is 1.90 bits per heavy atom. The minimum atomic E-state index is 0. The maximum absolute atomic E-state index is 11.7. The second kappa shape index (κ2) is 13.9. The number of hydrogen-bond acceptors (Lipinski definition) is 3. The molecule has 0 saturated carbocycles. The lowest BCUT2D eigenvalue weighted by Crippen LogP contribution is -2.39. The predicted molar refractivity (Wildman–Crippen MR) is 139 cm³/mol. The molecule has 0 aromatic heterocycles. The van der Waals surface area contributed by atoms with Crippen LogP contribution in [0.4, 0.5) is 0 Å². The van der Waals surface area contributed by atoms with Gasteiger partial charge in [0.1, 0.15) is 0 Å². The molecule has 2 fully saturated rings. The third-order valence-electron chi connectivity index (χ3n) is 6.00. The fourth-order valence-electron chi connectivity index (χ4n) is 4.37. The van der Waals surface area contributed by atoms with Gasteiger partial charge in [-0.25, -0.2) is 4.99 Å². The van der Waals surface area contributed by atoms with Crippen LogP contribution in [0.3, 0.4) is 0 Å². The van der Waals surface area contributed by atoms with Crippen molar-refractivity contribution in [1.29, 1.82) is 0 Å². The SMILES string of the molecule is CCNC(=NCc1ccc(CN2CCCC(C)C2)cc1)NCCCN1CCCC1=O.I. The summed E-state index contributed by atoms with van der Waals surface area (Å²) in [5.74, 6) is 1.96. The van der Waals surface area contributed by atoms with Crippen LogP contribution < -0.4 is 10.6 Å². The molecule has 1 aromatic rings. The quantitative estimate of drug-likeness (QED) is 0.217. The van der Waals surface area contributed by atoms with Crippen molar-refractivity contribution in [3.8, 4) is 0 Å². The lowest BCUT2D eigenvalue weighted by molar-refractivity contribution is -0.127. The van der Waals surface area contributed by atoms with Gasteiger partial charge in [-0.05, 0) is 56.2 Å². The first-order chi connectivity index (χ1) is 14.6. The van der Waals surface area contributed by atoms with Crippen molar-refractivity contribution in [3.63, 3.8) is 0 Å². The van der Waals surface area contributed by atoms with Gasteiger partial charge < -0.3 is 15.5 Å². The number of guanidine groups is 1. The molecule has 2 saturated heterocycles. The molecule has 31 heavy (non-hydrogen) atoms. The number of carbonyl (C=O) groups excluding carboxylic acids is 1. The van der Waals surface area contributed by atoms with Crippen molar-refractivity contribution in [3.05, 3.63) is 35.4 Å². The maximum atomic E-state index is 11.7. The van der Waals surface area contributed by atoms with E-state index in [1.807, 2.05) is 4.90 Å². The van der Waals surface area contributed by atoms with Crippen LogP contribution in [0.5, 0.6) is 0 Å². The maximum Gasteiger partial charge on any atom is 0.222 e. The normalized spacial score (nSPS) is 19.9. The Morgan fingerprint density at radius 1 is 1.13 bits per heavy atom. The second-order valence-corrected chi connectivity index (χ2v) is 8.76. The van der Waals surface area contributed by atoms with Gasteiger partial charge in [-0.15, -0.1) is 24.0 Å². The first-order valence-corrected chi connectivity index (χ1v) is 11.7. The molecular weight excluding hydrogens is 501 g/mol. The molecule has 1 atom stereocenters. The van der Waals surface area contributed by atoms with Crippen molar-refractivity contribution < 1.29 is 4.79 Å². The Kier molecular flexibility index (Phi) is 11.6. The van der Waals surface area contributed by atoms with E-state index in [1.165, 1.54) is 37.1 Å². The van der Waals surface area contributed by atoms with Crippen LogP contribution in [0, 0.1) is 5.92 Å². The van der Waals surface area contributed by atoms with Crippen LogP contribution in [0.2, 0.25) is 0 Å². The van der Waals surface area contributed by atoms with E-state index in [1.54, 1.807) is 0 Å². The van der Waals surface area contributed by atoms with E-state index in [-0.39, 0.29) is 24.0 Å². The summed E-state index contributed by atoms with van der Waals surface area (Å²) < 4.78 is 0. The Hall–Kier alpha value is -1.35. The zero-order valence-corrected chi connectivity index (χ0v) is 21.6. The molecule has 1 unspecified atom stereocenters. The summed E-state index contributed by atoms with van der Waals surface area (Å²) in [7, 11) is 0. The largest absolute Gasteiger partial charge is 0.357 e. The minimum absolute atomic E-state index is 0. The number of aliphatic imine (C=N–C) groups is 1. The van der Waals surface area contributed by atoms with Gasteiger partial charge in [0.05, 0.1) is 6.54 Å². The zero-order chi connectivity index (χ0) is 21.2. The summed E-state index contributed by atoms with van der Waals surface area (Å²) in [6.45, 7) is 12.0. The molecule has 2 heterocycles. The van der Waals surface area contributed by atoms with Crippen molar-refractivity contribution in [2.75, 3.05) is 39.3 Å². The number of carbonyl (C=O) groups is 1. The molecular formula is C24H40IN5O. The van der Waals surface area contributed by atoms with Crippen molar-refractivity contribution in [1.82, 2.24) is 20.4 Å². The molecule has 3 rings (SSSR count). The summed E-state index contributed by atoms with van der Waals surface area (Å²) in [6, 6.07) is 8.90. The number of likely N-dealkylation sites (tertiary alicyclic amines) is 2. The van der Waals surface area contributed by atoms with Crippen LogP contribution >= 0.6 is 24.0 Å². The number of nitrogens with zero attached hydrogens (tertiary/aromatic N) is 3. The first-order valence-electron chi connectivity index (χ1n) is 11.7. The molecule has 1 aromatic carbocycles. The van der Waals surface area contributed by atoms with E-state index < -0.39 is 0 Å². The van der Waals surface area contributed by atoms with Crippen LogP contribution in [-0.4, -0.2) is 60.9 Å². The molecule has 174 valence electrons. The Labute approximate surface area is 205 Å². The number of nitrogens with one attached hydrogen (secondary N) is 2. The van der Waals surface area contributed by atoms with Gasteiger partial charge in [0, 0.05) is 45.7 Å². The molecule has 2 aliphatic heterocycles. The molecule has 0 spiro atoms. The Morgan fingerprint density at radius 3 is 2.58 bits per heavy atom. The Balaban J connectivity index is 0.00000341. The Bertz CT molecular complexity index is 694. The molecule has 2 N–H and O–H groups in total. The van der Waals surface area contributed by atoms with Gasteiger partial charge in [-0.1, -0.05) is 31.2 Å². The van der Waals surface area contributed by atoms with E-state index >= 15 is 0 Å². The third kappa shape index (κ3) is 8.96. The van der Waals surface area contributed by atoms with Gasteiger partial charge in [0.2, 0.25) is 5.91 Å². The fourth-order valence-corrected chi connectivity index (χ4v) is 4.37. The van der Waals surface area contributed by atoms with Crippen molar-refractivity contribution in [2.45, 2.75) is 59.0 Å². The van der Waals surface area contributed by atoms with E-state index in [0.717, 1.165) is 57.4 Å². The summed E-state index contributed by atoms with van der Waals surface area (Å²) in [5, 5.41) is 6.71. The molecule has 7 heteroatoms. The molecule has 2 aliphatic rings. The standard InChI is InChI=1S/C24H39N5O.HI/c1-3-25-24(26-13-6-16-29-15-5-8-23(29)30)27-17-21-9-11-22(12-10-21)19-28-14-4-7-20(2)18-28;/h9-12,20H,3-8,13-19H2,1-2H3,(H2,25,26,27);1H. The van der Waals surface area contributed by atoms with Crippen molar-refractivity contribution >= 4 is 35.8 Å². The number of rotatable bonds is 9. The summed E-state index contributed by atoms with van der Waals surface area (Å²) in [5.41, 5.74) is 2.61. The number of benzene rings is 1. The van der Waals surface area contributed by atoms with E-state index in [0.29, 0.717) is 18.9 Å². The molecule has 0 aliphatic carbocycles. The van der Waals surface area contributed by atoms with Gasteiger partial charge in [-0.2, -0.15) is 0 Å². The minimum Gasteiger partial charge on any atom is -0.357 e. The van der Waals surface area contributed by atoms with Crippen LogP contribution in [-0.2, 0) is 17.9 Å². The fraction of sp³-hybridized carbons (Fsp3) is 0.667. The number of halogens is 1. The zero-order valence-electron chi connectivity index (χ0n) is 19.2. The van der Waals surface area contributed by atoms with E-state index in [9.17, 15) is 4.79 Å². The topological polar surface area (TPSA) is 60.0 Å². The molecule has 0 bridgehead atoms. The first kappa shape index (κ1) is 25.9. The van der Waals surface area contributed by atoms with Gasteiger partial charge >= 0.3 is 0 Å². The van der Waals surface area contributed by atoms with Crippen LogP contribution in [0.1, 0.15) is 57.1 Å². The number of piperidine rings is 1. The lowest BCUT2D eigenvalue weighted by Gasteiger charge is -2.30. The summed E-state index contributed by atoms with van der Waals surface area (Å²) >= 11 is 0. The summed E-state index contributed by atoms with van der Waals surface area (Å²) in [4.78, 5) is 21.0. The second-order valence-electron chi connectivity index (χ2n) is 8.76. The number of hydrogen-bond donors (Lipinski definition) is 2. The predicted octanol–water partition coefficient (Wildman–Crippen LogP) is 3.60. The summed E-state index contributed by atoms with van der Waals surface area (Å²) in [6.07, 6.45) is 5.36. The van der Waals surface area contributed by atoms with Crippen molar-refractivity contribution in [2.24, 2.45) is 10.9 Å². The van der Waals surface area contributed by atoms with E-state index in [2.05, 4.69) is 53.6 Å². The van der Waals surface area contributed by atoms with Gasteiger partial charge in [-0.3, -0.25) is 9.69 Å². The monoisotopic (exact) mass is 541 g/mol. The highest BCUT2D eigenvalue weighted by Crippen LogP contribution is 2.18. The lowest BCUT2D eigenvalue weighted by atomic mass is 9.99.